The van der Waals surface area contributed by atoms with Crippen LogP contribution in [0.3, 0.4) is 0 Å². The predicted molar refractivity (Wildman–Crippen MR) is 88.7 cm³/mol. The Morgan fingerprint density at radius 3 is 2.71 bits per heavy atom. The minimum Gasteiger partial charge on any atom is -0.302 e. The molecule has 0 saturated heterocycles. The van der Waals surface area contributed by atoms with E-state index in [0.29, 0.717) is 11.6 Å². The van der Waals surface area contributed by atoms with Gasteiger partial charge in [0.25, 0.3) is 0 Å². The molecule has 3 nitrogen and oxygen atoms in total. The summed E-state index contributed by atoms with van der Waals surface area (Å²) in [4.78, 5) is 16.0. The van der Waals surface area contributed by atoms with Crippen molar-refractivity contribution in [3.8, 4) is 11.3 Å². The molecule has 0 radical (unpaired) electrons. The van der Waals surface area contributed by atoms with Gasteiger partial charge in [-0.25, -0.2) is 4.98 Å². The summed E-state index contributed by atoms with van der Waals surface area (Å²) in [6.45, 7) is 3.94. The van der Waals surface area contributed by atoms with E-state index in [2.05, 4.69) is 41.5 Å². The number of carbonyl (C=O) groups excluding carboxylic acids is 1. The van der Waals surface area contributed by atoms with Gasteiger partial charge in [0.15, 0.2) is 5.13 Å². The van der Waals surface area contributed by atoms with Crippen LogP contribution in [0.1, 0.15) is 18.9 Å². The number of anilines is 1. The Morgan fingerprint density at radius 2 is 1.95 bits per heavy atom. The molecule has 0 saturated carbocycles. The lowest BCUT2D eigenvalue weighted by atomic mass is 9.99. The smallest absolute Gasteiger partial charge is 0.225 e. The van der Waals surface area contributed by atoms with Crippen LogP contribution in [0.4, 0.5) is 5.13 Å². The first-order chi connectivity index (χ1) is 10.2. The maximum atomic E-state index is 11.4. The first-order valence-corrected chi connectivity index (χ1v) is 7.81. The van der Waals surface area contributed by atoms with Crippen LogP contribution < -0.4 is 5.32 Å². The number of aryl methyl sites for hydroxylation is 1. The highest BCUT2D eigenvalue weighted by Crippen LogP contribution is 2.32. The Balaban J connectivity index is 2.05. The standard InChI is InChI=1S/C17H16N2OS/c1-3-16(20)19-17-18-15(10-21-17)14-9-8-11(2)12-6-4-5-7-13(12)14/h4-10H,3H2,1-2H3,(H,18,19,20). The number of nitrogens with one attached hydrogen (secondary N) is 1. The van der Waals surface area contributed by atoms with Gasteiger partial charge < -0.3 is 5.32 Å². The van der Waals surface area contributed by atoms with Gasteiger partial charge in [-0.15, -0.1) is 11.3 Å². The van der Waals surface area contributed by atoms with Gasteiger partial charge in [-0.2, -0.15) is 0 Å². The Labute approximate surface area is 127 Å². The van der Waals surface area contributed by atoms with E-state index < -0.39 is 0 Å². The average molecular weight is 296 g/mol. The normalized spacial score (nSPS) is 10.8. The molecule has 1 N–H and O–H groups in total. The Kier molecular flexibility index (Phi) is 3.71. The molecule has 0 aliphatic rings. The topological polar surface area (TPSA) is 42.0 Å². The van der Waals surface area contributed by atoms with E-state index in [-0.39, 0.29) is 5.91 Å². The molecule has 3 rings (SSSR count). The van der Waals surface area contributed by atoms with E-state index in [1.165, 1.54) is 27.7 Å². The van der Waals surface area contributed by atoms with Crippen molar-refractivity contribution in [2.24, 2.45) is 0 Å². The third-order valence-corrected chi connectivity index (χ3v) is 4.25. The monoisotopic (exact) mass is 296 g/mol. The van der Waals surface area contributed by atoms with Crippen molar-refractivity contribution < 1.29 is 4.79 Å². The minimum absolute atomic E-state index is 0.00957. The van der Waals surface area contributed by atoms with Crippen LogP contribution in [0, 0.1) is 6.92 Å². The quantitative estimate of drug-likeness (QED) is 0.766. The SMILES string of the molecule is CCC(=O)Nc1nc(-c2ccc(C)c3ccccc23)cs1. The number of hydrogen-bond acceptors (Lipinski definition) is 3. The third kappa shape index (κ3) is 2.67. The molecule has 3 aromatic rings. The van der Waals surface area contributed by atoms with Crippen molar-refractivity contribution in [3.63, 3.8) is 0 Å². The number of benzene rings is 2. The van der Waals surface area contributed by atoms with Gasteiger partial charge in [0.2, 0.25) is 5.91 Å². The molecule has 0 fully saturated rings. The molecule has 0 aliphatic heterocycles. The molecule has 1 heterocycles. The highest BCUT2D eigenvalue weighted by molar-refractivity contribution is 7.14. The zero-order valence-corrected chi connectivity index (χ0v) is 12.8. The second kappa shape index (κ2) is 5.66. The average Bonchev–Trinajstić information content (AvgIpc) is 2.96. The van der Waals surface area contributed by atoms with E-state index in [1.807, 2.05) is 24.4 Å². The Bertz CT molecular complexity index is 807. The van der Waals surface area contributed by atoms with Crippen LogP contribution in [-0.2, 0) is 4.79 Å². The maximum Gasteiger partial charge on any atom is 0.225 e. The van der Waals surface area contributed by atoms with Crippen LogP contribution in [-0.4, -0.2) is 10.9 Å². The molecule has 0 unspecified atom stereocenters. The van der Waals surface area contributed by atoms with Crippen LogP contribution >= 0.6 is 11.3 Å². The van der Waals surface area contributed by atoms with Crippen LogP contribution in [0.25, 0.3) is 22.0 Å². The number of nitrogens with zero attached hydrogens (tertiary/aromatic N) is 1. The number of thiazole rings is 1. The summed E-state index contributed by atoms with van der Waals surface area (Å²) in [6.07, 6.45) is 0.461. The van der Waals surface area contributed by atoms with Gasteiger partial charge in [-0.3, -0.25) is 4.79 Å². The summed E-state index contributed by atoms with van der Waals surface area (Å²) < 4.78 is 0. The molecule has 0 atom stereocenters. The molecule has 2 aromatic carbocycles. The molecular weight excluding hydrogens is 280 g/mol. The number of hydrogen-bond donors (Lipinski definition) is 1. The lowest BCUT2D eigenvalue weighted by Gasteiger charge is -2.06. The molecular formula is C17H16N2OS. The second-order valence-corrected chi connectivity index (χ2v) is 5.77. The zero-order chi connectivity index (χ0) is 14.8. The lowest BCUT2D eigenvalue weighted by molar-refractivity contribution is -0.115. The largest absolute Gasteiger partial charge is 0.302 e. The highest BCUT2D eigenvalue weighted by Gasteiger charge is 2.10. The lowest BCUT2D eigenvalue weighted by Crippen LogP contribution is -2.08. The minimum atomic E-state index is -0.00957. The highest BCUT2D eigenvalue weighted by atomic mass is 32.1. The van der Waals surface area contributed by atoms with Crippen molar-refractivity contribution in [2.75, 3.05) is 5.32 Å². The molecule has 4 heteroatoms. The van der Waals surface area contributed by atoms with Gasteiger partial charge in [0, 0.05) is 17.4 Å². The van der Waals surface area contributed by atoms with E-state index >= 15 is 0 Å². The van der Waals surface area contributed by atoms with E-state index in [1.54, 1.807) is 0 Å². The second-order valence-electron chi connectivity index (χ2n) is 4.92. The van der Waals surface area contributed by atoms with Crippen molar-refractivity contribution in [1.29, 1.82) is 0 Å². The number of fused-ring (bicyclic) bond motifs is 1. The van der Waals surface area contributed by atoms with Crippen LogP contribution in [0.2, 0.25) is 0 Å². The molecule has 106 valence electrons. The summed E-state index contributed by atoms with van der Waals surface area (Å²) in [7, 11) is 0. The Hall–Kier alpha value is -2.20. The van der Waals surface area contributed by atoms with Gasteiger partial charge in [-0.05, 0) is 23.3 Å². The Morgan fingerprint density at radius 1 is 1.19 bits per heavy atom. The van der Waals surface area contributed by atoms with E-state index in [9.17, 15) is 4.79 Å². The summed E-state index contributed by atoms with van der Waals surface area (Å²) in [5.41, 5.74) is 3.26. The summed E-state index contributed by atoms with van der Waals surface area (Å²) in [5.74, 6) is -0.00957. The molecule has 21 heavy (non-hydrogen) atoms. The number of amides is 1. The number of rotatable bonds is 3. The fraction of sp³-hybridized carbons (Fsp3) is 0.176. The fourth-order valence-electron chi connectivity index (χ4n) is 2.34. The van der Waals surface area contributed by atoms with Gasteiger partial charge in [0.05, 0.1) is 5.69 Å². The molecule has 1 amide bonds. The molecule has 0 spiro atoms. The van der Waals surface area contributed by atoms with Crippen molar-refractivity contribution in [1.82, 2.24) is 4.98 Å². The molecule has 0 bridgehead atoms. The van der Waals surface area contributed by atoms with Gasteiger partial charge in [0.1, 0.15) is 0 Å². The van der Waals surface area contributed by atoms with Crippen molar-refractivity contribution in [2.45, 2.75) is 20.3 Å². The zero-order valence-electron chi connectivity index (χ0n) is 12.0. The first-order valence-electron chi connectivity index (χ1n) is 6.93. The van der Waals surface area contributed by atoms with E-state index in [0.717, 1.165) is 11.3 Å². The molecule has 1 aromatic heterocycles. The van der Waals surface area contributed by atoms with Crippen LogP contribution in [0.15, 0.2) is 41.8 Å². The fourth-order valence-corrected chi connectivity index (χ4v) is 3.06. The third-order valence-electron chi connectivity index (χ3n) is 3.49. The summed E-state index contributed by atoms with van der Waals surface area (Å²) in [5, 5.41) is 7.88. The van der Waals surface area contributed by atoms with Crippen molar-refractivity contribution >= 4 is 33.1 Å². The van der Waals surface area contributed by atoms with Crippen LogP contribution in [0.5, 0.6) is 0 Å². The molecule has 0 aliphatic carbocycles. The summed E-state index contributed by atoms with van der Waals surface area (Å²) in [6, 6.07) is 12.5. The first kappa shape index (κ1) is 13.8. The number of carbonyl (C=O) groups is 1. The van der Waals surface area contributed by atoms with Gasteiger partial charge >= 0.3 is 0 Å². The summed E-state index contributed by atoms with van der Waals surface area (Å²) >= 11 is 1.46. The van der Waals surface area contributed by atoms with E-state index in [4.69, 9.17) is 0 Å². The number of aromatic nitrogens is 1. The maximum absolute atomic E-state index is 11.4. The predicted octanol–water partition coefficient (Wildman–Crippen LogP) is 4.62. The van der Waals surface area contributed by atoms with Gasteiger partial charge in [-0.1, -0.05) is 43.3 Å². The van der Waals surface area contributed by atoms with Crippen molar-refractivity contribution in [3.05, 3.63) is 47.3 Å².